The van der Waals surface area contributed by atoms with E-state index < -0.39 is 0 Å². The van der Waals surface area contributed by atoms with Crippen molar-refractivity contribution >= 4 is 22.4 Å². The maximum absolute atomic E-state index is 6.19. The molecule has 0 saturated heterocycles. The van der Waals surface area contributed by atoms with E-state index in [2.05, 4.69) is 0 Å². The first kappa shape index (κ1) is 10.1. The molecule has 2 aromatic carbocycles. The maximum Gasteiger partial charge on any atom is 0.138 e. The highest BCUT2D eigenvalue weighted by molar-refractivity contribution is 6.37. The van der Waals surface area contributed by atoms with E-state index in [0.717, 1.165) is 16.5 Å². The zero-order valence-electron chi connectivity index (χ0n) is 8.58. The van der Waals surface area contributed by atoms with E-state index in [-0.39, 0.29) is 0 Å². The topological polar surface area (TPSA) is 18.5 Å². The molecule has 0 amide bonds. The standard InChI is InChI=1S/C12H11ClO2/c1-14-10-5-3-4-9-8(10)6-7-11(15-2)12(9)13/h3-7H,1-2H3. The zero-order chi connectivity index (χ0) is 10.8. The number of hydrogen-bond acceptors (Lipinski definition) is 2. The Morgan fingerprint density at radius 1 is 0.867 bits per heavy atom. The summed E-state index contributed by atoms with van der Waals surface area (Å²) in [5.41, 5.74) is 0. The fourth-order valence-corrected chi connectivity index (χ4v) is 1.91. The van der Waals surface area contributed by atoms with Gasteiger partial charge in [0.1, 0.15) is 11.5 Å². The molecule has 2 nitrogen and oxygen atoms in total. The summed E-state index contributed by atoms with van der Waals surface area (Å²) < 4.78 is 10.4. The number of benzene rings is 2. The van der Waals surface area contributed by atoms with Crippen LogP contribution in [0.15, 0.2) is 30.3 Å². The van der Waals surface area contributed by atoms with Gasteiger partial charge in [-0.3, -0.25) is 0 Å². The monoisotopic (exact) mass is 222 g/mol. The van der Waals surface area contributed by atoms with Crippen molar-refractivity contribution in [3.05, 3.63) is 35.4 Å². The second-order valence-corrected chi connectivity index (χ2v) is 3.52. The Labute approximate surface area is 93.4 Å². The van der Waals surface area contributed by atoms with Crippen LogP contribution in [-0.2, 0) is 0 Å². The Morgan fingerprint density at radius 3 is 2.27 bits per heavy atom. The number of hydrogen-bond donors (Lipinski definition) is 0. The molecule has 3 heteroatoms. The minimum atomic E-state index is 0.619. The Bertz CT molecular complexity index is 494. The van der Waals surface area contributed by atoms with Crippen molar-refractivity contribution in [3.63, 3.8) is 0 Å². The van der Waals surface area contributed by atoms with Gasteiger partial charge in [-0.2, -0.15) is 0 Å². The molecule has 2 rings (SSSR count). The molecule has 78 valence electrons. The van der Waals surface area contributed by atoms with Crippen LogP contribution in [0.3, 0.4) is 0 Å². The van der Waals surface area contributed by atoms with Gasteiger partial charge in [-0.1, -0.05) is 23.7 Å². The summed E-state index contributed by atoms with van der Waals surface area (Å²) >= 11 is 6.19. The van der Waals surface area contributed by atoms with Gasteiger partial charge in [0.25, 0.3) is 0 Å². The molecule has 0 aliphatic rings. The number of methoxy groups -OCH3 is 2. The first-order chi connectivity index (χ1) is 7.27. The molecule has 0 spiro atoms. The van der Waals surface area contributed by atoms with Crippen LogP contribution in [-0.4, -0.2) is 14.2 Å². The lowest BCUT2D eigenvalue weighted by Crippen LogP contribution is -1.88. The van der Waals surface area contributed by atoms with Gasteiger partial charge < -0.3 is 9.47 Å². The molecule has 0 atom stereocenters. The van der Waals surface area contributed by atoms with Crippen LogP contribution in [0.25, 0.3) is 10.8 Å². The van der Waals surface area contributed by atoms with Crippen LogP contribution in [0.1, 0.15) is 0 Å². The van der Waals surface area contributed by atoms with Crippen LogP contribution in [0, 0.1) is 0 Å². The number of halogens is 1. The van der Waals surface area contributed by atoms with Crippen LogP contribution in [0.2, 0.25) is 5.02 Å². The lowest BCUT2D eigenvalue weighted by molar-refractivity contribution is 0.414. The third-order valence-electron chi connectivity index (χ3n) is 2.36. The van der Waals surface area contributed by atoms with E-state index in [1.165, 1.54) is 0 Å². The minimum Gasteiger partial charge on any atom is -0.496 e. The molecule has 0 aromatic heterocycles. The molecule has 2 aromatic rings. The van der Waals surface area contributed by atoms with Gasteiger partial charge in [-0.15, -0.1) is 0 Å². The molecule has 15 heavy (non-hydrogen) atoms. The number of rotatable bonds is 2. The average molecular weight is 223 g/mol. The molecule has 0 radical (unpaired) electrons. The maximum atomic E-state index is 6.19. The average Bonchev–Trinajstić information content (AvgIpc) is 2.29. The largest absolute Gasteiger partial charge is 0.496 e. The van der Waals surface area contributed by atoms with Crippen molar-refractivity contribution in [1.82, 2.24) is 0 Å². The first-order valence-electron chi connectivity index (χ1n) is 4.57. The Morgan fingerprint density at radius 2 is 1.60 bits per heavy atom. The van der Waals surface area contributed by atoms with E-state index in [1.54, 1.807) is 14.2 Å². The highest BCUT2D eigenvalue weighted by atomic mass is 35.5. The SMILES string of the molecule is COc1ccc2c(OC)cccc2c1Cl. The Kier molecular flexibility index (Phi) is 2.69. The molecule has 0 saturated carbocycles. The van der Waals surface area contributed by atoms with Crippen LogP contribution >= 0.6 is 11.6 Å². The van der Waals surface area contributed by atoms with Gasteiger partial charge in [0.05, 0.1) is 19.2 Å². The summed E-state index contributed by atoms with van der Waals surface area (Å²) in [5, 5.41) is 2.55. The van der Waals surface area contributed by atoms with Gasteiger partial charge in [0.2, 0.25) is 0 Å². The third kappa shape index (κ3) is 1.61. The molecule has 0 aliphatic carbocycles. The van der Waals surface area contributed by atoms with Gasteiger partial charge in [0.15, 0.2) is 0 Å². The Hall–Kier alpha value is -1.41. The van der Waals surface area contributed by atoms with Crippen molar-refractivity contribution in [2.45, 2.75) is 0 Å². The molecule has 0 aliphatic heterocycles. The first-order valence-corrected chi connectivity index (χ1v) is 4.95. The number of ether oxygens (including phenoxy) is 2. The van der Waals surface area contributed by atoms with E-state index in [0.29, 0.717) is 10.8 Å². The van der Waals surface area contributed by atoms with Gasteiger partial charge in [-0.05, 0) is 18.2 Å². The smallest absolute Gasteiger partial charge is 0.138 e. The quantitative estimate of drug-likeness (QED) is 0.774. The summed E-state index contributed by atoms with van der Waals surface area (Å²) in [6.07, 6.45) is 0. The van der Waals surface area contributed by atoms with Crippen molar-refractivity contribution in [2.75, 3.05) is 14.2 Å². The fourth-order valence-electron chi connectivity index (χ4n) is 1.61. The molecule has 0 bridgehead atoms. The zero-order valence-corrected chi connectivity index (χ0v) is 9.34. The second-order valence-electron chi connectivity index (χ2n) is 3.14. The summed E-state index contributed by atoms with van der Waals surface area (Å²) in [6, 6.07) is 9.55. The highest BCUT2D eigenvalue weighted by Gasteiger charge is 2.08. The van der Waals surface area contributed by atoms with Crippen molar-refractivity contribution in [1.29, 1.82) is 0 Å². The van der Waals surface area contributed by atoms with E-state index in [4.69, 9.17) is 21.1 Å². The predicted octanol–water partition coefficient (Wildman–Crippen LogP) is 3.51. The minimum absolute atomic E-state index is 0.619. The van der Waals surface area contributed by atoms with E-state index >= 15 is 0 Å². The summed E-state index contributed by atoms with van der Waals surface area (Å²) in [4.78, 5) is 0. The lowest BCUT2D eigenvalue weighted by atomic mass is 10.1. The van der Waals surface area contributed by atoms with E-state index in [9.17, 15) is 0 Å². The van der Waals surface area contributed by atoms with E-state index in [1.807, 2.05) is 30.3 Å². The normalized spacial score (nSPS) is 10.3. The molecule has 0 heterocycles. The predicted molar refractivity (Wildman–Crippen MR) is 62.1 cm³/mol. The molecule has 0 N–H and O–H groups in total. The molecular formula is C12H11ClO2. The Balaban J connectivity index is 2.78. The highest BCUT2D eigenvalue weighted by Crippen LogP contribution is 2.36. The van der Waals surface area contributed by atoms with Gasteiger partial charge in [-0.25, -0.2) is 0 Å². The summed E-state index contributed by atoms with van der Waals surface area (Å²) in [7, 11) is 3.25. The van der Waals surface area contributed by atoms with Crippen molar-refractivity contribution < 1.29 is 9.47 Å². The summed E-state index contributed by atoms with van der Waals surface area (Å²) in [5.74, 6) is 1.49. The lowest BCUT2D eigenvalue weighted by Gasteiger charge is -2.09. The number of fused-ring (bicyclic) bond motifs is 1. The summed E-state index contributed by atoms with van der Waals surface area (Å²) in [6.45, 7) is 0. The van der Waals surface area contributed by atoms with Crippen molar-refractivity contribution in [3.8, 4) is 11.5 Å². The van der Waals surface area contributed by atoms with Crippen molar-refractivity contribution in [2.24, 2.45) is 0 Å². The van der Waals surface area contributed by atoms with Gasteiger partial charge in [0, 0.05) is 10.8 Å². The van der Waals surface area contributed by atoms with Crippen LogP contribution < -0.4 is 9.47 Å². The fraction of sp³-hybridized carbons (Fsp3) is 0.167. The van der Waals surface area contributed by atoms with Crippen LogP contribution in [0.4, 0.5) is 0 Å². The molecule has 0 unspecified atom stereocenters. The van der Waals surface area contributed by atoms with Gasteiger partial charge >= 0.3 is 0 Å². The molecule has 0 fully saturated rings. The van der Waals surface area contributed by atoms with Crippen LogP contribution in [0.5, 0.6) is 11.5 Å². The second kappa shape index (κ2) is 3.99. The molecular weight excluding hydrogens is 212 g/mol. The third-order valence-corrected chi connectivity index (χ3v) is 2.75.